The lowest BCUT2D eigenvalue weighted by molar-refractivity contribution is 0.311. The molecule has 0 amide bonds. The average molecular weight is 428 g/mol. The summed E-state index contributed by atoms with van der Waals surface area (Å²) in [5, 5.41) is 20.5. The van der Waals surface area contributed by atoms with E-state index in [2.05, 4.69) is 30.5 Å². The van der Waals surface area contributed by atoms with Gasteiger partial charge in [0.2, 0.25) is 11.8 Å². The van der Waals surface area contributed by atoms with Gasteiger partial charge >= 0.3 is 0 Å². The van der Waals surface area contributed by atoms with Gasteiger partial charge in [0, 0.05) is 42.2 Å². The van der Waals surface area contributed by atoms with Crippen LogP contribution in [0.25, 0.3) is 22.3 Å². The summed E-state index contributed by atoms with van der Waals surface area (Å²) in [7, 11) is -3.60. The van der Waals surface area contributed by atoms with E-state index in [1.165, 1.54) is 0 Å². The lowest BCUT2D eigenvalue weighted by Gasteiger charge is -2.10. The molecule has 3 heterocycles. The molecule has 0 aliphatic rings. The van der Waals surface area contributed by atoms with Gasteiger partial charge in [0.15, 0.2) is 15.7 Å². The Morgan fingerprint density at radius 3 is 2.77 bits per heavy atom. The van der Waals surface area contributed by atoms with Crippen LogP contribution < -0.4 is 5.32 Å². The SMILES string of the molecule is Cc1nnc(CS(=O)(=O)Cc2cc(NCCO)nc(-c3ccc4[nH]ccc4c3)n2)o1. The second-order valence-corrected chi connectivity index (χ2v) is 8.81. The summed E-state index contributed by atoms with van der Waals surface area (Å²) in [4.78, 5) is 12.1. The van der Waals surface area contributed by atoms with E-state index in [9.17, 15) is 8.42 Å². The van der Waals surface area contributed by atoms with Gasteiger partial charge in [-0.3, -0.25) is 0 Å². The number of anilines is 1. The van der Waals surface area contributed by atoms with E-state index in [-0.39, 0.29) is 30.5 Å². The van der Waals surface area contributed by atoms with Gasteiger partial charge in [-0.2, -0.15) is 0 Å². The van der Waals surface area contributed by atoms with Crippen LogP contribution in [0, 0.1) is 6.92 Å². The molecule has 0 saturated heterocycles. The van der Waals surface area contributed by atoms with Crippen LogP contribution in [0.1, 0.15) is 17.5 Å². The van der Waals surface area contributed by atoms with Crippen LogP contribution in [0.3, 0.4) is 0 Å². The van der Waals surface area contributed by atoms with Crippen LogP contribution in [0.4, 0.5) is 5.82 Å². The molecule has 3 N–H and O–H groups in total. The standard InChI is InChI=1S/C19H20N6O4S/c1-12-24-25-18(29-12)11-30(27,28)10-15-9-17(21-6-7-26)23-19(22-15)14-2-3-16-13(8-14)4-5-20-16/h2-5,8-9,20,26H,6-7,10-11H2,1H3,(H,21,22,23). The van der Waals surface area contributed by atoms with Gasteiger partial charge < -0.3 is 19.8 Å². The molecule has 0 fully saturated rings. The molecule has 0 saturated carbocycles. The van der Waals surface area contributed by atoms with Crippen LogP contribution in [-0.4, -0.2) is 51.8 Å². The van der Waals surface area contributed by atoms with Gasteiger partial charge in [-0.25, -0.2) is 18.4 Å². The normalized spacial score (nSPS) is 11.8. The summed E-state index contributed by atoms with van der Waals surface area (Å²) in [6.45, 7) is 1.79. The Balaban J connectivity index is 1.66. The third-order valence-corrected chi connectivity index (χ3v) is 5.71. The van der Waals surface area contributed by atoms with Crippen molar-refractivity contribution < 1.29 is 17.9 Å². The Bertz CT molecular complexity index is 1280. The monoisotopic (exact) mass is 428 g/mol. The highest BCUT2D eigenvalue weighted by atomic mass is 32.2. The third-order valence-electron chi connectivity index (χ3n) is 4.29. The molecule has 156 valence electrons. The van der Waals surface area contributed by atoms with Crippen molar-refractivity contribution in [3.05, 3.63) is 54.0 Å². The summed E-state index contributed by atoms with van der Waals surface area (Å²) in [6.07, 6.45) is 1.84. The molecule has 0 atom stereocenters. The van der Waals surface area contributed by atoms with Crippen molar-refractivity contribution in [2.75, 3.05) is 18.5 Å². The second kappa shape index (κ2) is 8.20. The minimum atomic E-state index is -3.60. The van der Waals surface area contributed by atoms with Crippen molar-refractivity contribution in [1.82, 2.24) is 25.1 Å². The number of benzene rings is 1. The first-order chi connectivity index (χ1) is 14.4. The van der Waals surface area contributed by atoms with Crippen LogP contribution >= 0.6 is 0 Å². The molecule has 0 unspecified atom stereocenters. The number of aromatic amines is 1. The summed E-state index contributed by atoms with van der Waals surface area (Å²) in [5.41, 5.74) is 2.05. The average Bonchev–Trinajstić information content (AvgIpc) is 3.33. The van der Waals surface area contributed by atoms with Crippen molar-refractivity contribution in [3.63, 3.8) is 0 Å². The minimum Gasteiger partial charge on any atom is -0.424 e. The molecular formula is C19H20N6O4S. The van der Waals surface area contributed by atoms with E-state index < -0.39 is 9.84 Å². The van der Waals surface area contributed by atoms with Crippen LogP contribution in [0.15, 0.2) is 40.9 Å². The van der Waals surface area contributed by atoms with E-state index in [4.69, 9.17) is 9.52 Å². The predicted molar refractivity (Wildman–Crippen MR) is 110 cm³/mol. The fraction of sp³-hybridized carbons (Fsp3) is 0.263. The zero-order valence-corrected chi connectivity index (χ0v) is 17.0. The highest BCUT2D eigenvalue weighted by Crippen LogP contribution is 2.24. The fourth-order valence-electron chi connectivity index (χ4n) is 3.03. The molecule has 0 bridgehead atoms. The van der Waals surface area contributed by atoms with Gasteiger partial charge in [0.25, 0.3) is 0 Å². The zero-order chi connectivity index (χ0) is 21.1. The van der Waals surface area contributed by atoms with Crippen molar-refractivity contribution in [1.29, 1.82) is 0 Å². The summed E-state index contributed by atoms with van der Waals surface area (Å²) >= 11 is 0. The first-order valence-corrected chi connectivity index (χ1v) is 11.0. The number of hydrogen-bond donors (Lipinski definition) is 3. The maximum atomic E-state index is 12.6. The van der Waals surface area contributed by atoms with E-state index >= 15 is 0 Å². The number of H-pyrrole nitrogens is 1. The van der Waals surface area contributed by atoms with Gasteiger partial charge in [0.05, 0.1) is 18.1 Å². The quantitative estimate of drug-likeness (QED) is 0.382. The highest BCUT2D eigenvalue weighted by Gasteiger charge is 2.20. The topological polar surface area (TPSA) is 147 Å². The fourth-order valence-corrected chi connectivity index (χ4v) is 4.22. The van der Waals surface area contributed by atoms with Crippen molar-refractivity contribution in [2.24, 2.45) is 0 Å². The highest BCUT2D eigenvalue weighted by molar-refractivity contribution is 7.89. The Morgan fingerprint density at radius 1 is 1.13 bits per heavy atom. The van der Waals surface area contributed by atoms with Crippen molar-refractivity contribution >= 4 is 26.6 Å². The van der Waals surface area contributed by atoms with Crippen molar-refractivity contribution in [2.45, 2.75) is 18.4 Å². The number of aromatic nitrogens is 5. The number of sulfone groups is 1. The molecular weight excluding hydrogens is 408 g/mol. The van der Waals surface area contributed by atoms with Gasteiger partial charge in [-0.05, 0) is 24.3 Å². The number of rotatable bonds is 8. The number of aryl methyl sites for hydroxylation is 1. The third kappa shape index (κ3) is 4.63. The number of nitrogens with zero attached hydrogens (tertiary/aromatic N) is 4. The molecule has 0 aliphatic heterocycles. The largest absolute Gasteiger partial charge is 0.424 e. The Hall–Kier alpha value is -3.31. The van der Waals surface area contributed by atoms with E-state index in [1.807, 2.05) is 30.5 Å². The smallest absolute Gasteiger partial charge is 0.231 e. The molecule has 3 aromatic heterocycles. The van der Waals surface area contributed by atoms with Crippen molar-refractivity contribution in [3.8, 4) is 11.4 Å². The lowest BCUT2D eigenvalue weighted by Crippen LogP contribution is -2.12. The van der Waals surface area contributed by atoms with Gasteiger partial charge in [0.1, 0.15) is 11.6 Å². The Kier molecular flexibility index (Phi) is 5.46. The molecule has 11 heteroatoms. The first kappa shape index (κ1) is 20.0. The summed E-state index contributed by atoms with van der Waals surface area (Å²) in [5.74, 6) is 0.479. The number of aliphatic hydroxyl groups excluding tert-OH is 1. The van der Waals surface area contributed by atoms with E-state index in [0.29, 0.717) is 23.2 Å². The predicted octanol–water partition coefficient (Wildman–Crippen LogP) is 1.84. The Morgan fingerprint density at radius 2 is 2.00 bits per heavy atom. The number of nitrogens with one attached hydrogen (secondary N) is 2. The number of hydrogen-bond acceptors (Lipinski definition) is 9. The van der Waals surface area contributed by atoms with Gasteiger partial charge in [-0.15, -0.1) is 10.2 Å². The summed E-state index contributed by atoms with van der Waals surface area (Å²) in [6, 6.07) is 9.20. The van der Waals surface area contributed by atoms with Crippen LogP contribution in [-0.2, 0) is 21.3 Å². The second-order valence-electron chi connectivity index (χ2n) is 6.75. The maximum absolute atomic E-state index is 12.6. The van der Waals surface area contributed by atoms with E-state index in [1.54, 1.807) is 13.0 Å². The zero-order valence-electron chi connectivity index (χ0n) is 16.2. The number of fused-ring (bicyclic) bond motifs is 1. The Labute approximate surface area is 172 Å². The van der Waals surface area contributed by atoms with Gasteiger partial charge in [-0.1, -0.05) is 0 Å². The molecule has 10 nitrogen and oxygen atoms in total. The molecule has 0 aliphatic carbocycles. The molecule has 4 rings (SSSR count). The molecule has 4 aromatic rings. The molecule has 0 radical (unpaired) electrons. The first-order valence-electron chi connectivity index (χ1n) is 9.21. The molecule has 1 aromatic carbocycles. The van der Waals surface area contributed by atoms with E-state index in [0.717, 1.165) is 16.5 Å². The number of aliphatic hydroxyl groups is 1. The lowest BCUT2D eigenvalue weighted by atomic mass is 10.1. The summed E-state index contributed by atoms with van der Waals surface area (Å²) < 4.78 is 30.5. The van der Waals surface area contributed by atoms with Crippen LogP contribution in [0.5, 0.6) is 0 Å². The molecule has 30 heavy (non-hydrogen) atoms. The maximum Gasteiger partial charge on any atom is 0.231 e. The minimum absolute atomic E-state index is 0.0401. The molecule has 0 spiro atoms. The van der Waals surface area contributed by atoms with Crippen LogP contribution in [0.2, 0.25) is 0 Å².